The Kier molecular flexibility index (Phi) is 7.36. The van der Waals surface area contributed by atoms with Crippen molar-refractivity contribution in [2.24, 2.45) is 5.92 Å². The highest BCUT2D eigenvalue weighted by Crippen LogP contribution is 2.41. The van der Waals surface area contributed by atoms with Gasteiger partial charge in [-0.2, -0.15) is 0 Å². The summed E-state index contributed by atoms with van der Waals surface area (Å²) in [6.45, 7) is 3.46. The fourth-order valence-corrected chi connectivity index (χ4v) is 5.26. The second kappa shape index (κ2) is 11.4. The van der Waals surface area contributed by atoms with Crippen LogP contribution in [-0.2, 0) is 24.2 Å². The number of nitrogens with one attached hydrogen (secondary N) is 1. The monoisotopic (exact) mass is 535 g/mol. The van der Waals surface area contributed by atoms with Gasteiger partial charge in [0.2, 0.25) is 5.91 Å². The molecule has 1 unspecified atom stereocenters. The molecule has 0 bridgehead atoms. The highest BCUT2D eigenvalue weighted by molar-refractivity contribution is 5.91. The van der Waals surface area contributed by atoms with Gasteiger partial charge in [0.25, 0.3) is 5.91 Å². The molecular formula is C33H33N3O4. The summed E-state index contributed by atoms with van der Waals surface area (Å²) in [5.74, 6) is 1.66. The molecule has 4 aromatic rings. The lowest BCUT2D eigenvalue weighted by Gasteiger charge is -2.38. The summed E-state index contributed by atoms with van der Waals surface area (Å²) in [6.07, 6.45) is 5.19. The Balaban J connectivity index is 1.13. The maximum atomic E-state index is 13.3. The molecule has 7 heteroatoms. The Morgan fingerprint density at radius 1 is 1.05 bits per heavy atom. The first kappa shape index (κ1) is 25.9. The number of benzene rings is 2. The lowest BCUT2D eigenvalue weighted by Crippen LogP contribution is -2.41. The van der Waals surface area contributed by atoms with Gasteiger partial charge in [0, 0.05) is 37.3 Å². The molecular weight excluding hydrogens is 502 g/mol. The molecule has 7 nitrogen and oxygen atoms in total. The van der Waals surface area contributed by atoms with Gasteiger partial charge in [-0.25, -0.2) is 0 Å². The number of aromatic nitrogens is 1. The van der Waals surface area contributed by atoms with Crippen molar-refractivity contribution in [3.8, 4) is 5.75 Å². The van der Waals surface area contributed by atoms with Crippen LogP contribution >= 0.6 is 0 Å². The molecule has 0 saturated heterocycles. The molecule has 0 radical (unpaired) electrons. The number of amides is 2. The van der Waals surface area contributed by atoms with Crippen LogP contribution in [0.3, 0.4) is 0 Å². The van der Waals surface area contributed by atoms with E-state index in [0.717, 1.165) is 42.6 Å². The molecule has 40 heavy (non-hydrogen) atoms. The van der Waals surface area contributed by atoms with E-state index in [2.05, 4.69) is 58.5 Å². The molecule has 2 aromatic heterocycles. The first-order valence-corrected chi connectivity index (χ1v) is 13.9. The quantitative estimate of drug-likeness (QED) is 0.309. The van der Waals surface area contributed by atoms with Gasteiger partial charge >= 0.3 is 0 Å². The smallest absolute Gasteiger partial charge is 0.287 e. The SMILES string of the molecule is Cc1ccc(C2c3cc(OCc4ccc(C(=O)NCCc5ccccn5)o4)ccc3CCN2C(=O)C2CC2)cc1. The van der Waals surface area contributed by atoms with Crippen molar-refractivity contribution in [3.05, 3.63) is 118 Å². The number of furan rings is 1. The molecule has 6 rings (SSSR count). The molecule has 1 N–H and O–H groups in total. The van der Waals surface area contributed by atoms with Crippen LogP contribution in [0.25, 0.3) is 0 Å². The fourth-order valence-electron chi connectivity index (χ4n) is 5.26. The normalized spacial score (nSPS) is 16.3. The molecule has 2 aliphatic rings. The summed E-state index contributed by atoms with van der Waals surface area (Å²) in [4.78, 5) is 32.1. The van der Waals surface area contributed by atoms with Crippen molar-refractivity contribution in [1.82, 2.24) is 15.2 Å². The largest absolute Gasteiger partial charge is 0.486 e. The van der Waals surface area contributed by atoms with Gasteiger partial charge in [0.1, 0.15) is 18.1 Å². The van der Waals surface area contributed by atoms with Crippen LogP contribution in [0, 0.1) is 12.8 Å². The average molecular weight is 536 g/mol. The van der Waals surface area contributed by atoms with Gasteiger partial charge in [-0.15, -0.1) is 0 Å². The van der Waals surface area contributed by atoms with Crippen LogP contribution in [0.5, 0.6) is 5.75 Å². The predicted octanol–water partition coefficient (Wildman–Crippen LogP) is 5.42. The second-order valence-electron chi connectivity index (χ2n) is 10.6. The van der Waals surface area contributed by atoms with Gasteiger partial charge in [0.15, 0.2) is 5.76 Å². The number of fused-ring (bicyclic) bond motifs is 1. The number of carbonyl (C=O) groups is 2. The van der Waals surface area contributed by atoms with Gasteiger partial charge in [-0.1, -0.05) is 42.0 Å². The molecule has 1 aliphatic heterocycles. The Bertz CT molecular complexity index is 1490. The third kappa shape index (κ3) is 5.78. The topological polar surface area (TPSA) is 84.7 Å². The van der Waals surface area contributed by atoms with Crippen molar-refractivity contribution in [1.29, 1.82) is 0 Å². The van der Waals surface area contributed by atoms with E-state index in [1.807, 2.05) is 24.3 Å². The zero-order valence-electron chi connectivity index (χ0n) is 22.6. The van der Waals surface area contributed by atoms with Crippen LogP contribution in [0.1, 0.15) is 63.1 Å². The minimum Gasteiger partial charge on any atom is -0.486 e. The summed E-state index contributed by atoms with van der Waals surface area (Å²) < 4.78 is 11.9. The van der Waals surface area contributed by atoms with Crippen molar-refractivity contribution in [2.45, 2.75) is 45.3 Å². The Morgan fingerprint density at radius 3 is 2.67 bits per heavy atom. The molecule has 1 atom stereocenters. The molecule has 0 spiro atoms. The second-order valence-corrected chi connectivity index (χ2v) is 10.6. The molecule has 1 fully saturated rings. The number of rotatable bonds is 9. The van der Waals surface area contributed by atoms with Crippen molar-refractivity contribution in [3.63, 3.8) is 0 Å². The third-order valence-corrected chi connectivity index (χ3v) is 7.61. The number of nitrogens with zero attached hydrogens (tertiary/aromatic N) is 2. The minimum atomic E-state index is -0.266. The first-order chi connectivity index (χ1) is 19.5. The van der Waals surface area contributed by atoms with E-state index in [1.165, 1.54) is 11.1 Å². The highest BCUT2D eigenvalue weighted by Gasteiger charge is 2.39. The van der Waals surface area contributed by atoms with E-state index in [-0.39, 0.29) is 36.1 Å². The lowest BCUT2D eigenvalue weighted by molar-refractivity contribution is -0.134. The average Bonchev–Trinajstić information content (AvgIpc) is 3.73. The Morgan fingerprint density at radius 2 is 1.90 bits per heavy atom. The van der Waals surface area contributed by atoms with Gasteiger partial charge in [-0.3, -0.25) is 14.6 Å². The maximum Gasteiger partial charge on any atom is 0.287 e. The summed E-state index contributed by atoms with van der Waals surface area (Å²) in [5.41, 5.74) is 5.57. The van der Waals surface area contributed by atoms with E-state index in [9.17, 15) is 9.59 Å². The van der Waals surface area contributed by atoms with Crippen molar-refractivity contribution in [2.75, 3.05) is 13.1 Å². The number of hydrogen-bond donors (Lipinski definition) is 1. The Hall–Kier alpha value is -4.39. The fraction of sp³-hybridized carbons (Fsp3) is 0.303. The Labute approximate surface area is 234 Å². The van der Waals surface area contributed by atoms with E-state index in [1.54, 1.807) is 18.3 Å². The molecule has 204 valence electrons. The summed E-state index contributed by atoms with van der Waals surface area (Å²) in [5, 5.41) is 2.87. The lowest BCUT2D eigenvalue weighted by atomic mass is 9.87. The van der Waals surface area contributed by atoms with Crippen LogP contribution in [0.4, 0.5) is 0 Å². The number of aryl methyl sites for hydroxylation is 1. The number of ether oxygens (including phenoxy) is 1. The summed E-state index contributed by atoms with van der Waals surface area (Å²) >= 11 is 0. The predicted molar refractivity (Wildman–Crippen MR) is 151 cm³/mol. The van der Waals surface area contributed by atoms with Crippen LogP contribution < -0.4 is 10.1 Å². The molecule has 2 aromatic carbocycles. The number of pyridine rings is 1. The van der Waals surface area contributed by atoms with E-state index in [0.29, 0.717) is 24.5 Å². The first-order valence-electron chi connectivity index (χ1n) is 13.9. The molecule has 1 aliphatic carbocycles. The van der Waals surface area contributed by atoms with Crippen molar-refractivity contribution < 1.29 is 18.7 Å². The molecule has 3 heterocycles. The summed E-state index contributed by atoms with van der Waals surface area (Å²) in [6, 6.07) is 23.6. The minimum absolute atomic E-state index is 0.133. The van der Waals surface area contributed by atoms with Crippen LogP contribution in [0.15, 0.2) is 83.4 Å². The third-order valence-electron chi connectivity index (χ3n) is 7.61. The zero-order chi connectivity index (χ0) is 27.5. The number of hydrogen-bond acceptors (Lipinski definition) is 5. The van der Waals surface area contributed by atoms with E-state index in [4.69, 9.17) is 9.15 Å². The van der Waals surface area contributed by atoms with Gasteiger partial charge in [0.05, 0.1) is 6.04 Å². The standard InChI is InChI=1S/C33H33N3O4/c1-22-5-7-24(8-6-22)31-29-20-27(12-11-23(29)16-19-36(31)33(38)25-9-10-25)39-21-28-13-14-30(40-28)32(37)35-18-15-26-4-2-3-17-34-26/h2-8,11-14,17,20,25,31H,9-10,15-16,18-19,21H2,1H3,(H,35,37). The zero-order valence-corrected chi connectivity index (χ0v) is 22.6. The maximum absolute atomic E-state index is 13.3. The van der Waals surface area contributed by atoms with Crippen LogP contribution in [0.2, 0.25) is 0 Å². The van der Waals surface area contributed by atoms with Crippen molar-refractivity contribution >= 4 is 11.8 Å². The summed E-state index contributed by atoms with van der Waals surface area (Å²) in [7, 11) is 0. The molecule has 1 saturated carbocycles. The van der Waals surface area contributed by atoms with Gasteiger partial charge < -0.3 is 19.4 Å². The van der Waals surface area contributed by atoms with Crippen LogP contribution in [-0.4, -0.2) is 34.8 Å². The van der Waals surface area contributed by atoms with E-state index >= 15 is 0 Å². The highest BCUT2D eigenvalue weighted by atomic mass is 16.5. The molecule has 2 amide bonds. The van der Waals surface area contributed by atoms with E-state index < -0.39 is 0 Å². The van der Waals surface area contributed by atoms with Gasteiger partial charge in [-0.05, 0) is 79.3 Å². The number of carbonyl (C=O) groups excluding carboxylic acids is 2.